The van der Waals surface area contributed by atoms with Crippen LogP contribution in [0.1, 0.15) is 31.4 Å². The molecule has 3 nitrogen and oxygen atoms in total. The molecule has 0 aliphatic carbocycles. The van der Waals surface area contributed by atoms with Crippen molar-refractivity contribution < 1.29 is 22.3 Å². The van der Waals surface area contributed by atoms with Gasteiger partial charge in [0.2, 0.25) is 0 Å². The van der Waals surface area contributed by atoms with Crippen LogP contribution in [0, 0.1) is 11.7 Å². The molecule has 0 aliphatic heterocycles. The maximum Gasteiger partial charge on any atom is 0.392 e. The number of hydrogen-bond acceptors (Lipinski definition) is 3. The summed E-state index contributed by atoms with van der Waals surface area (Å²) in [5.41, 5.74) is -0.0108. The fourth-order valence-electron chi connectivity index (χ4n) is 4.40. The van der Waals surface area contributed by atoms with Crippen molar-refractivity contribution in [3.63, 3.8) is 0 Å². The van der Waals surface area contributed by atoms with E-state index >= 15 is 0 Å². The first kappa shape index (κ1) is 24.0. The third kappa shape index (κ3) is 5.04. The maximum absolute atomic E-state index is 14.7. The number of halogens is 4. The average molecular weight is 449 g/mol. The van der Waals surface area contributed by atoms with Gasteiger partial charge in [0.25, 0.3) is 0 Å². The summed E-state index contributed by atoms with van der Waals surface area (Å²) in [7, 11) is 1.39. The van der Waals surface area contributed by atoms with Gasteiger partial charge in [-0.05, 0) is 61.8 Å². The van der Waals surface area contributed by atoms with E-state index in [0.29, 0.717) is 29.6 Å². The molecule has 0 spiro atoms. The molecule has 0 fully saturated rings. The zero-order valence-corrected chi connectivity index (χ0v) is 18.5. The number of pyridine rings is 1. The molecule has 0 saturated heterocycles. The number of ether oxygens (including phenoxy) is 1. The Balaban J connectivity index is 2.16. The van der Waals surface area contributed by atoms with E-state index in [1.165, 1.54) is 31.5 Å². The van der Waals surface area contributed by atoms with Crippen LogP contribution < -0.4 is 10.1 Å². The molecule has 0 saturated carbocycles. The van der Waals surface area contributed by atoms with Crippen LogP contribution in [0.2, 0.25) is 0 Å². The monoisotopic (exact) mass is 448 g/mol. The molecule has 1 aromatic heterocycles. The minimum absolute atomic E-state index is 0.161. The van der Waals surface area contributed by atoms with Gasteiger partial charge in [0.05, 0.1) is 18.5 Å². The Bertz CT molecular complexity index is 1050. The predicted molar refractivity (Wildman–Crippen MR) is 118 cm³/mol. The Morgan fingerprint density at radius 3 is 2.53 bits per heavy atom. The summed E-state index contributed by atoms with van der Waals surface area (Å²) in [6, 6.07) is 12.6. The van der Waals surface area contributed by atoms with Gasteiger partial charge in [0, 0.05) is 22.6 Å². The second kappa shape index (κ2) is 9.86. The lowest BCUT2D eigenvalue weighted by Crippen LogP contribution is -2.45. The summed E-state index contributed by atoms with van der Waals surface area (Å²) in [6.45, 7) is 4.44. The zero-order valence-electron chi connectivity index (χ0n) is 18.5. The minimum atomic E-state index is -4.53. The molecule has 1 N–H and O–H groups in total. The van der Waals surface area contributed by atoms with Gasteiger partial charge in [-0.15, -0.1) is 0 Å². The van der Waals surface area contributed by atoms with E-state index in [1.54, 1.807) is 37.3 Å². The number of nitrogens with one attached hydrogen (secondary N) is 1. The Kier molecular flexibility index (Phi) is 7.39. The predicted octanol–water partition coefficient (Wildman–Crippen LogP) is 6.06. The van der Waals surface area contributed by atoms with E-state index in [0.717, 1.165) is 0 Å². The Morgan fingerprint density at radius 2 is 1.84 bits per heavy atom. The number of para-hydroxylation sites is 1. The van der Waals surface area contributed by atoms with Crippen molar-refractivity contribution in [2.45, 2.75) is 38.3 Å². The minimum Gasteiger partial charge on any atom is -0.496 e. The van der Waals surface area contributed by atoms with Crippen molar-refractivity contribution in [3.05, 3.63) is 71.7 Å². The number of nitrogens with zero attached hydrogens (tertiary/aromatic N) is 1. The van der Waals surface area contributed by atoms with Crippen molar-refractivity contribution in [2.75, 3.05) is 20.2 Å². The fourth-order valence-corrected chi connectivity index (χ4v) is 4.40. The average Bonchev–Trinajstić information content (AvgIpc) is 2.76. The molecular formula is C25H28F4N2O. The molecule has 2 aromatic carbocycles. The molecule has 1 heterocycles. The van der Waals surface area contributed by atoms with Gasteiger partial charge >= 0.3 is 6.18 Å². The SMILES string of the molecule is CCNCCC(C)(c1cc(F)ccc1OC)C(Cc1ccnc2ccccc12)C(F)(F)F. The molecule has 0 radical (unpaired) electrons. The topological polar surface area (TPSA) is 34.1 Å². The van der Waals surface area contributed by atoms with Crippen LogP contribution >= 0.6 is 0 Å². The zero-order chi connectivity index (χ0) is 23.4. The van der Waals surface area contributed by atoms with Crippen molar-refractivity contribution in [1.29, 1.82) is 0 Å². The van der Waals surface area contributed by atoms with Crippen LogP contribution in [0.4, 0.5) is 17.6 Å². The molecule has 0 aliphatic rings. The molecule has 2 atom stereocenters. The van der Waals surface area contributed by atoms with Crippen molar-refractivity contribution in [3.8, 4) is 5.75 Å². The van der Waals surface area contributed by atoms with Gasteiger partial charge in [0.15, 0.2) is 0 Å². The number of benzene rings is 2. The highest BCUT2D eigenvalue weighted by Crippen LogP contribution is 2.49. The van der Waals surface area contributed by atoms with Gasteiger partial charge in [-0.25, -0.2) is 4.39 Å². The molecule has 3 rings (SSSR count). The van der Waals surface area contributed by atoms with Crippen LogP contribution in [0.25, 0.3) is 10.9 Å². The molecule has 3 aromatic rings. The highest BCUT2D eigenvalue weighted by Gasteiger charge is 2.52. The van der Waals surface area contributed by atoms with E-state index in [2.05, 4.69) is 10.3 Å². The van der Waals surface area contributed by atoms with E-state index in [4.69, 9.17) is 4.74 Å². The van der Waals surface area contributed by atoms with Crippen LogP contribution in [0.3, 0.4) is 0 Å². The summed E-state index contributed by atoms with van der Waals surface area (Å²) in [4.78, 5) is 4.27. The number of fused-ring (bicyclic) bond motifs is 1. The maximum atomic E-state index is 14.7. The van der Waals surface area contributed by atoms with Crippen molar-refractivity contribution >= 4 is 10.9 Å². The lowest BCUT2D eigenvalue weighted by Gasteiger charge is -2.40. The first-order chi connectivity index (χ1) is 15.2. The summed E-state index contributed by atoms with van der Waals surface area (Å²) < 4.78 is 63.6. The fraction of sp³-hybridized carbons (Fsp3) is 0.400. The molecular weight excluding hydrogens is 420 g/mol. The largest absolute Gasteiger partial charge is 0.496 e. The van der Waals surface area contributed by atoms with Gasteiger partial charge < -0.3 is 10.1 Å². The smallest absolute Gasteiger partial charge is 0.392 e. The summed E-state index contributed by atoms with van der Waals surface area (Å²) in [6.07, 6.45) is -3.09. The first-order valence-corrected chi connectivity index (χ1v) is 10.6. The van der Waals surface area contributed by atoms with Gasteiger partial charge in [-0.3, -0.25) is 4.98 Å². The first-order valence-electron chi connectivity index (χ1n) is 10.6. The van der Waals surface area contributed by atoms with Crippen molar-refractivity contribution in [1.82, 2.24) is 10.3 Å². The van der Waals surface area contributed by atoms with E-state index in [-0.39, 0.29) is 24.2 Å². The van der Waals surface area contributed by atoms with E-state index < -0.39 is 23.3 Å². The lowest BCUT2D eigenvalue weighted by atomic mass is 9.66. The molecule has 7 heteroatoms. The van der Waals surface area contributed by atoms with Gasteiger partial charge in [-0.1, -0.05) is 32.0 Å². The van der Waals surface area contributed by atoms with Crippen LogP contribution in [-0.2, 0) is 11.8 Å². The molecule has 32 heavy (non-hydrogen) atoms. The number of alkyl halides is 3. The number of methoxy groups -OCH3 is 1. The van der Waals surface area contributed by atoms with Gasteiger partial charge in [-0.2, -0.15) is 13.2 Å². The van der Waals surface area contributed by atoms with Crippen LogP contribution in [0.15, 0.2) is 54.7 Å². The third-order valence-electron chi connectivity index (χ3n) is 6.18. The third-order valence-corrected chi connectivity index (χ3v) is 6.18. The quantitative estimate of drug-likeness (QED) is 0.319. The lowest BCUT2D eigenvalue weighted by molar-refractivity contribution is -0.193. The second-order valence-corrected chi connectivity index (χ2v) is 8.15. The van der Waals surface area contributed by atoms with Crippen LogP contribution in [0.5, 0.6) is 5.75 Å². The highest BCUT2D eigenvalue weighted by molar-refractivity contribution is 5.81. The Labute approximate surface area is 185 Å². The van der Waals surface area contributed by atoms with Gasteiger partial charge in [0.1, 0.15) is 11.6 Å². The number of aromatic nitrogens is 1. The van der Waals surface area contributed by atoms with E-state index in [9.17, 15) is 17.6 Å². The Morgan fingerprint density at radius 1 is 1.09 bits per heavy atom. The number of rotatable bonds is 9. The van der Waals surface area contributed by atoms with E-state index in [1.807, 2.05) is 6.92 Å². The normalized spacial score (nSPS) is 14.8. The van der Waals surface area contributed by atoms with Crippen molar-refractivity contribution in [2.24, 2.45) is 5.92 Å². The molecule has 2 unspecified atom stereocenters. The summed E-state index contributed by atoms with van der Waals surface area (Å²) in [5.74, 6) is -2.11. The molecule has 172 valence electrons. The summed E-state index contributed by atoms with van der Waals surface area (Å²) in [5, 5.41) is 3.80. The number of hydrogen-bond donors (Lipinski definition) is 1. The molecule has 0 amide bonds. The highest BCUT2D eigenvalue weighted by atomic mass is 19.4. The summed E-state index contributed by atoms with van der Waals surface area (Å²) >= 11 is 0. The second-order valence-electron chi connectivity index (χ2n) is 8.15. The van der Waals surface area contributed by atoms with Crippen LogP contribution in [-0.4, -0.2) is 31.4 Å². The Hall–Kier alpha value is -2.67. The molecule has 0 bridgehead atoms. The standard InChI is InChI=1S/C25H28F4N2O/c1-4-30-14-12-24(2,20-16-18(26)9-10-22(20)32-3)23(25(27,28)29)15-17-11-13-31-21-8-6-5-7-19(17)21/h5-11,13,16,23,30H,4,12,14-15H2,1-3H3.